The molecule has 2 saturated carbocycles. The number of fused-ring (bicyclic) bond motifs is 2. The van der Waals surface area contributed by atoms with Gasteiger partial charge in [0.1, 0.15) is 0 Å². The normalized spacial score (nSPS) is 33.8. The number of nitrogens with one attached hydrogen (secondary N) is 1. The topological polar surface area (TPSA) is 12.0 Å². The highest BCUT2D eigenvalue weighted by molar-refractivity contribution is 4.91. The molecule has 0 amide bonds. The molecule has 5 atom stereocenters. The van der Waals surface area contributed by atoms with Gasteiger partial charge in [0.2, 0.25) is 0 Å². The molecule has 2 rings (SSSR count). The minimum Gasteiger partial charge on any atom is -0.314 e. The summed E-state index contributed by atoms with van der Waals surface area (Å²) in [4.78, 5) is 0. The van der Waals surface area contributed by atoms with E-state index < -0.39 is 0 Å². The second-order valence-corrected chi connectivity index (χ2v) is 7.07. The van der Waals surface area contributed by atoms with Gasteiger partial charge in [0.25, 0.3) is 0 Å². The molecular formula is C17H33N. The van der Waals surface area contributed by atoms with E-state index in [2.05, 4.69) is 26.1 Å². The van der Waals surface area contributed by atoms with E-state index in [0.29, 0.717) is 0 Å². The minimum absolute atomic E-state index is 0.796. The summed E-state index contributed by atoms with van der Waals surface area (Å²) < 4.78 is 0. The highest BCUT2D eigenvalue weighted by Gasteiger charge is 2.40. The molecule has 2 aliphatic rings. The highest BCUT2D eigenvalue weighted by Crippen LogP contribution is 2.50. The zero-order valence-electron chi connectivity index (χ0n) is 12.8. The van der Waals surface area contributed by atoms with Crippen molar-refractivity contribution in [1.82, 2.24) is 5.32 Å². The van der Waals surface area contributed by atoms with Crippen LogP contribution in [-0.2, 0) is 0 Å². The Morgan fingerprint density at radius 3 is 2.56 bits per heavy atom. The zero-order chi connectivity index (χ0) is 13.0. The number of rotatable bonds is 8. The summed E-state index contributed by atoms with van der Waals surface area (Å²) in [6, 6.07) is 0.796. The van der Waals surface area contributed by atoms with Crippen LogP contribution in [0.4, 0.5) is 0 Å². The van der Waals surface area contributed by atoms with Crippen LogP contribution in [0.1, 0.15) is 72.1 Å². The summed E-state index contributed by atoms with van der Waals surface area (Å²) in [6.07, 6.45) is 11.7. The highest BCUT2D eigenvalue weighted by atomic mass is 14.9. The first kappa shape index (κ1) is 14.4. The molecule has 5 unspecified atom stereocenters. The maximum absolute atomic E-state index is 3.82. The third kappa shape index (κ3) is 3.73. The summed E-state index contributed by atoms with van der Waals surface area (Å²) in [5.74, 6) is 4.15. The van der Waals surface area contributed by atoms with Gasteiger partial charge in [-0.1, -0.05) is 33.6 Å². The Bertz CT molecular complexity index is 238. The van der Waals surface area contributed by atoms with Crippen LogP contribution in [0, 0.1) is 23.7 Å². The average molecular weight is 251 g/mol. The van der Waals surface area contributed by atoms with Crippen molar-refractivity contribution < 1.29 is 0 Å². The van der Waals surface area contributed by atoms with E-state index >= 15 is 0 Å². The van der Waals surface area contributed by atoms with Gasteiger partial charge in [-0.2, -0.15) is 0 Å². The summed E-state index contributed by atoms with van der Waals surface area (Å²) in [7, 11) is 0. The van der Waals surface area contributed by atoms with E-state index in [0.717, 1.165) is 29.7 Å². The lowest BCUT2D eigenvalue weighted by molar-refractivity contribution is 0.257. The smallest absolute Gasteiger partial charge is 0.00723 e. The Kier molecular flexibility index (Phi) is 5.54. The van der Waals surface area contributed by atoms with Crippen LogP contribution < -0.4 is 5.32 Å². The van der Waals surface area contributed by atoms with Crippen LogP contribution in [0.15, 0.2) is 0 Å². The molecular weight excluding hydrogens is 218 g/mol. The molecule has 0 radical (unpaired) electrons. The molecule has 2 aliphatic carbocycles. The first-order chi connectivity index (χ1) is 8.72. The van der Waals surface area contributed by atoms with Gasteiger partial charge in [-0.05, 0) is 68.7 Å². The minimum atomic E-state index is 0.796. The van der Waals surface area contributed by atoms with Crippen molar-refractivity contribution in [3.63, 3.8) is 0 Å². The predicted octanol–water partition coefficient (Wildman–Crippen LogP) is 4.62. The van der Waals surface area contributed by atoms with Gasteiger partial charge in [-0.25, -0.2) is 0 Å². The monoisotopic (exact) mass is 251 g/mol. The Morgan fingerprint density at radius 2 is 2.00 bits per heavy atom. The zero-order valence-corrected chi connectivity index (χ0v) is 12.8. The first-order valence-corrected chi connectivity index (χ1v) is 8.46. The molecule has 0 aromatic rings. The van der Waals surface area contributed by atoms with Crippen molar-refractivity contribution in [2.24, 2.45) is 23.7 Å². The molecule has 2 fully saturated rings. The summed E-state index contributed by atoms with van der Waals surface area (Å²) in [5, 5.41) is 3.82. The predicted molar refractivity (Wildman–Crippen MR) is 79.7 cm³/mol. The summed E-state index contributed by atoms with van der Waals surface area (Å²) in [6.45, 7) is 8.24. The van der Waals surface area contributed by atoms with E-state index in [1.54, 1.807) is 25.7 Å². The molecule has 106 valence electrons. The fourth-order valence-corrected chi connectivity index (χ4v) is 4.29. The van der Waals surface area contributed by atoms with E-state index in [9.17, 15) is 0 Å². The third-order valence-corrected chi connectivity index (χ3v) is 5.54. The molecule has 0 aromatic heterocycles. The van der Waals surface area contributed by atoms with E-state index in [1.165, 1.54) is 32.2 Å². The van der Waals surface area contributed by atoms with E-state index in [-0.39, 0.29) is 0 Å². The van der Waals surface area contributed by atoms with E-state index in [4.69, 9.17) is 0 Å². The Hall–Kier alpha value is -0.0400. The van der Waals surface area contributed by atoms with Gasteiger partial charge < -0.3 is 5.32 Å². The lowest BCUT2D eigenvalue weighted by Gasteiger charge is -2.29. The van der Waals surface area contributed by atoms with Crippen molar-refractivity contribution in [3.8, 4) is 0 Å². The fraction of sp³-hybridized carbons (Fsp3) is 1.00. The van der Waals surface area contributed by atoms with E-state index in [1.807, 2.05) is 0 Å². The molecule has 2 bridgehead atoms. The van der Waals surface area contributed by atoms with Crippen molar-refractivity contribution >= 4 is 0 Å². The first-order valence-electron chi connectivity index (χ1n) is 8.46. The number of hydrogen-bond acceptors (Lipinski definition) is 1. The summed E-state index contributed by atoms with van der Waals surface area (Å²) in [5.41, 5.74) is 0. The molecule has 1 heteroatoms. The van der Waals surface area contributed by atoms with Crippen molar-refractivity contribution in [1.29, 1.82) is 0 Å². The van der Waals surface area contributed by atoms with Crippen molar-refractivity contribution in [3.05, 3.63) is 0 Å². The molecule has 0 aromatic carbocycles. The van der Waals surface area contributed by atoms with Gasteiger partial charge in [-0.15, -0.1) is 0 Å². The Morgan fingerprint density at radius 1 is 1.17 bits per heavy atom. The second-order valence-electron chi connectivity index (χ2n) is 7.07. The van der Waals surface area contributed by atoms with Crippen molar-refractivity contribution in [2.45, 2.75) is 78.2 Å². The second kappa shape index (κ2) is 6.93. The van der Waals surface area contributed by atoms with Crippen LogP contribution in [0.2, 0.25) is 0 Å². The third-order valence-electron chi connectivity index (χ3n) is 5.54. The molecule has 18 heavy (non-hydrogen) atoms. The summed E-state index contributed by atoms with van der Waals surface area (Å²) >= 11 is 0. The fourth-order valence-electron chi connectivity index (χ4n) is 4.29. The van der Waals surface area contributed by atoms with Gasteiger partial charge >= 0.3 is 0 Å². The van der Waals surface area contributed by atoms with Crippen LogP contribution >= 0.6 is 0 Å². The number of hydrogen-bond donors (Lipinski definition) is 1. The van der Waals surface area contributed by atoms with Crippen LogP contribution in [-0.4, -0.2) is 12.6 Å². The van der Waals surface area contributed by atoms with Gasteiger partial charge in [0.05, 0.1) is 0 Å². The lowest BCUT2D eigenvalue weighted by atomic mass is 9.82. The quantitative estimate of drug-likeness (QED) is 0.664. The van der Waals surface area contributed by atoms with Crippen molar-refractivity contribution in [2.75, 3.05) is 6.54 Å². The maximum Gasteiger partial charge on any atom is 0.00723 e. The molecule has 0 saturated heterocycles. The Labute approximate surface area is 114 Å². The average Bonchev–Trinajstić information content (AvgIpc) is 2.97. The molecule has 1 nitrogen and oxygen atoms in total. The molecule has 0 heterocycles. The van der Waals surface area contributed by atoms with Crippen LogP contribution in [0.5, 0.6) is 0 Å². The van der Waals surface area contributed by atoms with Crippen LogP contribution in [0.3, 0.4) is 0 Å². The van der Waals surface area contributed by atoms with Crippen LogP contribution in [0.25, 0.3) is 0 Å². The van der Waals surface area contributed by atoms with Gasteiger partial charge in [0.15, 0.2) is 0 Å². The molecule has 0 spiro atoms. The molecule has 1 N–H and O–H groups in total. The molecule has 0 aliphatic heterocycles. The Balaban J connectivity index is 1.80. The SMILES string of the molecule is CCCNC(CC(C)CC)CC1CC2CCC1C2. The lowest BCUT2D eigenvalue weighted by Crippen LogP contribution is -2.34. The largest absolute Gasteiger partial charge is 0.314 e. The maximum atomic E-state index is 3.82. The van der Waals surface area contributed by atoms with Gasteiger partial charge in [0, 0.05) is 6.04 Å². The van der Waals surface area contributed by atoms with Gasteiger partial charge in [-0.3, -0.25) is 0 Å². The standard InChI is InChI=1S/C17H33N/c1-4-8-18-17(9-13(3)5-2)12-16-11-14-6-7-15(16)10-14/h13-18H,4-12H2,1-3H3.